The van der Waals surface area contributed by atoms with Gasteiger partial charge in [0.1, 0.15) is 17.5 Å². The lowest BCUT2D eigenvalue weighted by atomic mass is 9.89. The van der Waals surface area contributed by atoms with Crippen molar-refractivity contribution in [1.82, 2.24) is 19.4 Å². The van der Waals surface area contributed by atoms with E-state index in [1.54, 1.807) is 12.3 Å². The molecule has 2 N–H and O–H groups in total. The molecule has 4 aromatic rings. The Morgan fingerprint density at radius 3 is 2.69 bits per heavy atom. The highest BCUT2D eigenvalue weighted by atomic mass is 16.1. The molecular weight excluding hydrogens is 436 g/mol. The molecule has 1 aliphatic heterocycles. The minimum absolute atomic E-state index is 0.141. The van der Waals surface area contributed by atoms with E-state index >= 15 is 0 Å². The van der Waals surface area contributed by atoms with Gasteiger partial charge in [0, 0.05) is 46.5 Å². The van der Waals surface area contributed by atoms with Crippen molar-refractivity contribution < 1.29 is 0 Å². The second-order valence-electron chi connectivity index (χ2n) is 10.1. The summed E-state index contributed by atoms with van der Waals surface area (Å²) in [5, 5.41) is 15.0. The lowest BCUT2D eigenvalue weighted by Crippen LogP contribution is -2.29. The number of nitrogens with zero attached hydrogens (tertiary/aromatic N) is 4. The van der Waals surface area contributed by atoms with Crippen molar-refractivity contribution in [3.63, 3.8) is 0 Å². The zero-order chi connectivity index (χ0) is 23.9. The number of hydrogen-bond acceptors (Lipinski definition) is 5. The molecule has 0 spiro atoms. The molecule has 0 unspecified atom stereocenters. The van der Waals surface area contributed by atoms with Gasteiger partial charge >= 0.3 is 0 Å². The van der Waals surface area contributed by atoms with Crippen molar-refractivity contribution >= 4 is 33.3 Å². The van der Waals surface area contributed by atoms with Crippen molar-refractivity contribution in [3.8, 4) is 6.07 Å². The second kappa shape index (κ2) is 8.86. The fraction of sp³-hybridized carbons (Fsp3) is 0.393. The Morgan fingerprint density at radius 1 is 1.11 bits per heavy atom. The van der Waals surface area contributed by atoms with Crippen LogP contribution in [0.5, 0.6) is 0 Å². The predicted octanol–water partition coefficient (Wildman–Crippen LogP) is 5.42. The Morgan fingerprint density at radius 2 is 1.91 bits per heavy atom. The summed E-state index contributed by atoms with van der Waals surface area (Å²) in [5.41, 5.74) is 4.35. The van der Waals surface area contributed by atoms with Crippen molar-refractivity contribution in [1.29, 1.82) is 5.26 Å². The predicted molar refractivity (Wildman–Crippen MR) is 139 cm³/mol. The Labute approximate surface area is 204 Å². The molecule has 1 aromatic carbocycles. The van der Waals surface area contributed by atoms with Gasteiger partial charge in [-0.05, 0) is 81.6 Å². The first-order chi connectivity index (χ1) is 17.1. The van der Waals surface area contributed by atoms with Gasteiger partial charge in [-0.2, -0.15) is 5.26 Å². The largest absolute Gasteiger partial charge is 0.361 e. The van der Waals surface area contributed by atoms with Gasteiger partial charge in [0.25, 0.3) is 5.56 Å². The van der Waals surface area contributed by atoms with Gasteiger partial charge < -0.3 is 19.8 Å². The van der Waals surface area contributed by atoms with Crippen LogP contribution in [0, 0.1) is 11.3 Å². The first-order valence-corrected chi connectivity index (χ1v) is 12.6. The van der Waals surface area contributed by atoms with Crippen LogP contribution in [0.4, 0.5) is 11.5 Å². The van der Waals surface area contributed by atoms with Crippen LogP contribution >= 0.6 is 0 Å². The van der Waals surface area contributed by atoms with E-state index in [1.165, 1.54) is 23.8 Å². The molecule has 178 valence electrons. The number of likely N-dealkylation sites (tertiary alicyclic amines) is 1. The van der Waals surface area contributed by atoms with Crippen molar-refractivity contribution in [2.75, 3.05) is 25.5 Å². The molecule has 7 heteroatoms. The van der Waals surface area contributed by atoms with Gasteiger partial charge in [0.05, 0.1) is 5.52 Å². The standard InChI is InChI=1S/C28H30N6O/c1-33-10-8-18(9-11-33)24-17-30-25-7-6-21(13-23(24)25)32-27-14-26-20(16-31-27)12-19(15-29)28(35)34(26)22-4-2-3-5-22/h6-7,12-14,16-18,22,30H,2-5,8-11H2,1H3,(H,31,32). The fourth-order valence-corrected chi connectivity index (χ4v) is 5.93. The van der Waals surface area contributed by atoms with E-state index in [2.05, 4.69) is 57.7 Å². The zero-order valence-electron chi connectivity index (χ0n) is 20.1. The third kappa shape index (κ3) is 3.98. The van der Waals surface area contributed by atoms with E-state index in [4.69, 9.17) is 0 Å². The van der Waals surface area contributed by atoms with Crippen LogP contribution in [0.3, 0.4) is 0 Å². The number of rotatable bonds is 4. The molecule has 0 amide bonds. The highest BCUT2D eigenvalue weighted by Crippen LogP contribution is 2.35. The molecule has 4 heterocycles. The molecule has 35 heavy (non-hydrogen) atoms. The number of nitriles is 1. The highest BCUT2D eigenvalue weighted by Gasteiger charge is 2.23. The Kier molecular flexibility index (Phi) is 5.54. The summed E-state index contributed by atoms with van der Waals surface area (Å²) in [6, 6.07) is 12.2. The van der Waals surface area contributed by atoms with Crippen LogP contribution in [0.25, 0.3) is 21.8 Å². The summed E-state index contributed by atoms with van der Waals surface area (Å²) >= 11 is 0. The number of H-pyrrole nitrogens is 1. The molecular formula is C28H30N6O. The number of aromatic amines is 1. The minimum Gasteiger partial charge on any atom is -0.361 e. The molecule has 6 rings (SSSR count). The van der Waals surface area contributed by atoms with Gasteiger partial charge in [-0.25, -0.2) is 4.98 Å². The van der Waals surface area contributed by atoms with Crippen LogP contribution in [0.2, 0.25) is 0 Å². The Bertz CT molecular complexity index is 1500. The maximum absolute atomic E-state index is 13.1. The monoisotopic (exact) mass is 466 g/mol. The molecule has 2 aliphatic rings. The topological polar surface area (TPSA) is 89.7 Å². The minimum atomic E-state index is -0.194. The molecule has 7 nitrogen and oxygen atoms in total. The SMILES string of the molecule is CN1CCC(c2c[nH]c3ccc(Nc4cc5c(cn4)cc(C#N)c(=O)n5C4CCCC4)cc23)CC1. The summed E-state index contributed by atoms with van der Waals surface area (Å²) in [5.74, 6) is 1.27. The third-order valence-electron chi connectivity index (χ3n) is 7.88. The first kappa shape index (κ1) is 21.9. The molecule has 0 radical (unpaired) electrons. The first-order valence-electron chi connectivity index (χ1n) is 12.6. The Balaban J connectivity index is 1.36. The number of aromatic nitrogens is 3. The quantitative estimate of drug-likeness (QED) is 0.419. The average Bonchev–Trinajstić information content (AvgIpc) is 3.54. The van der Waals surface area contributed by atoms with Gasteiger partial charge in [-0.1, -0.05) is 12.8 Å². The van der Waals surface area contributed by atoms with Gasteiger partial charge in [0.15, 0.2) is 0 Å². The lowest BCUT2D eigenvalue weighted by Gasteiger charge is -2.28. The van der Waals surface area contributed by atoms with E-state index < -0.39 is 0 Å². The van der Waals surface area contributed by atoms with Crippen LogP contribution in [-0.4, -0.2) is 39.6 Å². The summed E-state index contributed by atoms with van der Waals surface area (Å²) in [7, 11) is 2.19. The molecule has 0 atom stereocenters. The molecule has 2 fully saturated rings. The summed E-state index contributed by atoms with van der Waals surface area (Å²) in [6.45, 7) is 2.26. The van der Waals surface area contributed by atoms with Gasteiger partial charge in [0.2, 0.25) is 0 Å². The van der Waals surface area contributed by atoms with Crippen LogP contribution in [0.15, 0.2) is 47.5 Å². The third-order valence-corrected chi connectivity index (χ3v) is 7.88. The van der Waals surface area contributed by atoms with Crippen LogP contribution in [-0.2, 0) is 0 Å². The van der Waals surface area contributed by atoms with Gasteiger partial charge in [-0.3, -0.25) is 4.79 Å². The number of anilines is 2. The van der Waals surface area contributed by atoms with Crippen molar-refractivity contribution in [2.24, 2.45) is 0 Å². The molecule has 3 aromatic heterocycles. The number of pyridine rings is 2. The zero-order valence-corrected chi connectivity index (χ0v) is 20.1. The smallest absolute Gasteiger partial charge is 0.269 e. The maximum atomic E-state index is 13.1. The van der Waals surface area contributed by atoms with Crippen LogP contribution in [0.1, 0.15) is 61.6 Å². The summed E-state index contributed by atoms with van der Waals surface area (Å²) < 4.78 is 1.83. The number of nitrogens with one attached hydrogen (secondary N) is 2. The number of hydrogen-bond donors (Lipinski definition) is 2. The van der Waals surface area contributed by atoms with E-state index in [1.807, 2.05) is 10.6 Å². The second-order valence-corrected chi connectivity index (χ2v) is 10.1. The molecule has 0 bridgehead atoms. The fourth-order valence-electron chi connectivity index (χ4n) is 5.93. The maximum Gasteiger partial charge on any atom is 0.269 e. The summed E-state index contributed by atoms with van der Waals surface area (Å²) in [4.78, 5) is 23.5. The van der Waals surface area contributed by atoms with E-state index in [0.717, 1.165) is 60.9 Å². The Hall–Kier alpha value is -3.63. The summed E-state index contributed by atoms with van der Waals surface area (Å²) in [6.07, 6.45) is 10.5. The molecule has 1 saturated carbocycles. The van der Waals surface area contributed by atoms with Gasteiger partial charge in [-0.15, -0.1) is 0 Å². The highest BCUT2D eigenvalue weighted by molar-refractivity contribution is 5.88. The van der Waals surface area contributed by atoms with Crippen LogP contribution < -0.4 is 10.9 Å². The van der Waals surface area contributed by atoms with E-state index in [9.17, 15) is 10.1 Å². The average molecular weight is 467 g/mol. The number of piperidine rings is 1. The van der Waals surface area contributed by atoms with Crippen molar-refractivity contribution in [3.05, 3.63) is 64.2 Å². The normalized spacial score (nSPS) is 17.8. The number of fused-ring (bicyclic) bond motifs is 2. The van der Waals surface area contributed by atoms with Crippen molar-refractivity contribution in [2.45, 2.75) is 50.5 Å². The van der Waals surface area contributed by atoms with E-state index in [-0.39, 0.29) is 17.2 Å². The lowest BCUT2D eigenvalue weighted by molar-refractivity contribution is 0.256. The molecule has 1 aliphatic carbocycles. The molecule has 1 saturated heterocycles. The van der Waals surface area contributed by atoms with E-state index in [0.29, 0.717) is 11.7 Å². The number of benzene rings is 1.